The molecule has 1 unspecified atom stereocenters. The number of ketones is 1. The fourth-order valence-electron chi connectivity index (χ4n) is 2.42. The number of Topliss-reactive ketones (excluding diaryl/α,β-unsaturated/α-hetero) is 1. The molecule has 2 rings (SSSR count). The third-order valence-electron chi connectivity index (χ3n) is 3.74. The SMILES string of the molecule is C=CC(=O)NCCCCOC(C(=O)c1ccccc1)c1ccccc1. The van der Waals surface area contributed by atoms with Crippen LogP contribution in [0, 0.1) is 0 Å². The van der Waals surface area contributed by atoms with E-state index in [1.165, 1.54) is 6.08 Å². The van der Waals surface area contributed by atoms with Gasteiger partial charge in [-0.3, -0.25) is 9.59 Å². The van der Waals surface area contributed by atoms with Crippen molar-refractivity contribution in [1.82, 2.24) is 5.32 Å². The van der Waals surface area contributed by atoms with E-state index in [-0.39, 0.29) is 11.7 Å². The Morgan fingerprint density at radius 2 is 1.64 bits per heavy atom. The summed E-state index contributed by atoms with van der Waals surface area (Å²) >= 11 is 0. The summed E-state index contributed by atoms with van der Waals surface area (Å²) in [5.74, 6) is -0.228. The largest absolute Gasteiger partial charge is 0.365 e. The molecule has 4 heteroatoms. The Labute approximate surface area is 148 Å². The van der Waals surface area contributed by atoms with Gasteiger partial charge in [-0.1, -0.05) is 67.2 Å². The Morgan fingerprint density at radius 3 is 2.28 bits per heavy atom. The highest BCUT2D eigenvalue weighted by Crippen LogP contribution is 2.22. The molecule has 0 aliphatic heterocycles. The minimum Gasteiger partial charge on any atom is -0.365 e. The van der Waals surface area contributed by atoms with E-state index in [2.05, 4.69) is 11.9 Å². The van der Waals surface area contributed by atoms with Crippen LogP contribution >= 0.6 is 0 Å². The number of hydrogen-bond acceptors (Lipinski definition) is 3. The van der Waals surface area contributed by atoms with Gasteiger partial charge in [0.25, 0.3) is 0 Å². The van der Waals surface area contributed by atoms with Crippen molar-refractivity contribution >= 4 is 11.7 Å². The number of hydrogen-bond donors (Lipinski definition) is 1. The second-order valence-corrected chi connectivity index (χ2v) is 5.59. The maximum Gasteiger partial charge on any atom is 0.243 e. The highest BCUT2D eigenvalue weighted by atomic mass is 16.5. The van der Waals surface area contributed by atoms with E-state index >= 15 is 0 Å². The Kier molecular flexibility index (Phi) is 7.60. The average Bonchev–Trinajstić information content (AvgIpc) is 2.68. The summed E-state index contributed by atoms with van der Waals surface area (Å²) in [4.78, 5) is 23.9. The molecular weight excluding hydrogens is 314 g/mol. The number of unbranched alkanes of at least 4 members (excludes halogenated alkanes) is 1. The topological polar surface area (TPSA) is 55.4 Å². The third-order valence-corrected chi connectivity index (χ3v) is 3.74. The minimum absolute atomic E-state index is 0.0493. The lowest BCUT2D eigenvalue weighted by atomic mass is 10.00. The monoisotopic (exact) mass is 337 g/mol. The summed E-state index contributed by atoms with van der Waals surface area (Å²) in [6.07, 6.45) is 2.16. The first-order valence-corrected chi connectivity index (χ1v) is 8.38. The minimum atomic E-state index is -0.619. The third kappa shape index (κ3) is 6.01. The molecule has 0 saturated carbocycles. The molecule has 0 fully saturated rings. The maximum absolute atomic E-state index is 12.8. The van der Waals surface area contributed by atoms with E-state index in [0.29, 0.717) is 18.7 Å². The zero-order chi connectivity index (χ0) is 17.9. The summed E-state index contributed by atoms with van der Waals surface area (Å²) < 4.78 is 5.90. The second-order valence-electron chi connectivity index (χ2n) is 5.59. The molecule has 0 aliphatic carbocycles. The van der Waals surface area contributed by atoms with Crippen molar-refractivity contribution in [3.05, 3.63) is 84.4 Å². The number of rotatable bonds is 10. The summed E-state index contributed by atoms with van der Waals surface area (Å²) in [7, 11) is 0. The number of ether oxygens (including phenoxy) is 1. The standard InChI is InChI=1S/C21H23NO3/c1-2-19(23)22-15-9-10-16-25-21(18-13-7-4-8-14-18)20(24)17-11-5-3-6-12-17/h2-8,11-14,21H,1,9-10,15-16H2,(H,22,23). The molecular formula is C21H23NO3. The van der Waals surface area contributed by atoms with Gasteiger partial charge >= 0.3 is 0 Å². The first-order valence-electron chi connectivity index (χ1n) is 8.38. The smallest absolute Gasteiger partial charge is 0.243 e. The molecule has 1 amide bonds. The molecule has 2 aromatic carbocycles. The van der Waals surface area contributed by atoms with Gasteiger partial charge in [0.05, 0.1) is 0 Å². The maximum atomic E-state index is 12.8. The molecule has 0 aliphatic rings. The first-order chi connectivity index (χ1) is 12.2. The molecule has 0 bridgehead atoms. The van der Waals surface area contributed by atoms with Crippen molar-refractivity contribution < 1.29 is 14.3 Å². The second kappa shape index (κ2) is 10.2. The van der Waals surface area contributed by atoms with Crippen LogP contribution < -0.4 is 5.32 Å². The zero-order valence-electron chi connectivity index (χ0n) is 14.2. The molecule has 1 atom stereocenters. The molecule has 4 nitrogen and oxygen atoms in total. The van der Waals surface area contributed by atoms with Crippen molar-refractivity contribution in [3.63, 3.8) is 0 Å². The first kappa shape index (κ1) is 18.6. The lowest BCUT2D eigenvalue weighted by molar-refractivity contribution is -0.116. The zero-order valence-corrected chi connectivity index (χ0v) is 14.2. The van der Waals surface area contributed by atoms with Crippen LogP contribution in [0.25, 0.3) is 0 Å². The van der Waals surface area contributed by atoms with Crippen LogP contribution in [0.1, 0.15) is 34.9 Å². The number of nitrogens with one attached hydrogen (secondary N) is 1. The van der Waals surface area contributed by atoms with Gasteiger partial charge in [0, 0.05) is 18.7 Å². The van der Waals surface area contributed by atoms with Gasteiger partial charge in [0.2, 0.25) is 5.91 Å². The van der Waals surface area contributed by atoms with Crippen LogP contribution in [0.5, 0.6) is 0 Å². The Hall–Kier alpha value is -2.72. The van der Waals surface area contributed by atoms with Crippen LogP contribution in [-0.2, 0) is 9.53 Å². The van der Waals surface area contributed by atoms with E-state index < -0.39 is 6.10 Å². The van der Waals surface area contributed by atoms with Crippen LogP contribution in [-0.4, -0.2) is 24.8 Å². The van der Waals surface area contributed by atoms with Crippen LogP contribution in [0.15, 0.2) is 73.3 Å². The summed E-state index contributed by atoms with van der Waals surface area (Å²) in [6, 6.07) is 18.7. The summed E-state index contributed by atoms with van der Waals surface area (Å²) in [6.45, 7) is 4.42. The fraction of sp³-hybridized carbons (Fsp3) is 0.238. The van der Waals surface area contributed by atoms with Crippen LogP contribution in [0.4, 0.5) is 0 Å². The van der Waals surface area contributed by atoms with E-state index in [1.54, 1.807) is 12.1 Å². The number of carbonyl (C=O) groups is 2. The quantitative estimate of drug-likeness (QED) is 0.408. The fourth-order valence-corrected chi connectivity index (χ4v) is 2.42. The lowest BCUT2D eigenvalue weighted by Gasteiger charge is -2.17. The number of amides is 1. The molecule has 0 heterocycles. The lowest BCUT2D eigenvalue weighted by Crippen LogP contribution is -2.22. The Bertz CT molecular complexity index is 683. The van der Waals surface area contributed by atoms with Gasteiger partial charge in [-0.15, -0.1) is 0 Å². The van der Waals surface area contributed by atoms with E-state index in [4.69, 9.17) is 4.74 Å². The van der Waals surface area contributed by atoms with Gasteiger partial charge in [-0.05, 0) is 24.5 Å². The van der Waals surface area contributed by atoms with Gasteiger partial charge in [-0.2, -0.15) is 0 Å². The molecule has 130 valence electrons. The molecule has 0 radical (unpaired) electrons. The van der Waals surface area contributed by atoms with Crippen molar-refractivity contribution in [1.29, 1.82) is 0 Å². The van der Waals surface area contributed by atoms with Gasteiger partial charge in [0.1, 0.15) is 6.10 Å². The van der Waals surface area contributed by atoms with Crippen molar-refractivity contribution in [2.24, 2.45) is 0 Å². The average molecular weight is 337 g/mol. The number of carbonyl (C=O) groups excluding carboxylic acids is 2. The molecule has 1 N–H and O–H groups in total. The molecule has 2 aromatic rings. The molecule has 0 saturated heterocycles. The van der Waals surface area contributed by atoms with Gasteiger partial charge in [0.15, 0.2) is 5.78 Å². The highest BCUT2D eigenvalue weighted by Gasteiger charge is 2.22. The summed E-state index contributed by atoms with van der Waals surface area (Å²) in [5.41, 5.74) is 1.48. The molecule has 25 heavy (non-hydrogen) atoms. The normalized spacial score (nSPS) is 11.5. The van der Waals surface area contributed by atoms with Crippen molar-refractivity contribution in [3.8, 4) is 0 Å². The van der Waals surface area contributed by atoms with E-state index in [1.807, 2.05) is 48.5 Å². The Balaban J connectivity index is 1.93. The summed E-state index contributed by atoms with van der Waals surface area (Å²) in [5, 5.41) is 2.72. The highest BCUT2D eigenvalue weighted by molar-refractivity contribution is 6.00. The van der Waals surface area contributed by atoms with Crippen LogP contribution in [0.2, 0.25) is 0 Å². The van der Waals surface area contributed by atoms with E-state index in [0.717, 1.165) is 18.4 Å². The van der Waals surface area contributed by atoms with E-state index in [9.17, 15) is 9.59 Å². The Morgan fingerprint density at radius 1 is 1.00 bits per heavy atom. The number of benzene rings is 2. The predicted octanol–water partition coefficient (Wildman–Crippen LogP) is 3.71. The van der Waals surface area contributed by atoms with Gasteiger partial charge < -0.3 is 10.1 Å². The predicted molar refractivity (Wildman–Crippen MR) is 98.3 cm³/mol. The molecule has 0 aromatic heterocycles. The van der Waals surface area contributed by atoms with Gasteiger partial charge in [-0.25, -0.2) is 0 Å². The van der Waals surface area contributed by atoms with Crippen molar-refractivity contribution in [2.75, 3.05) is 13.2 Å². The van der Waals surface area contributed by atoms with Crippen molar-refractivity contribution in [2.45, 2.75) is 18.9 Å². The van der Waals surface area contributed by atoms with Crippen LogP contribution in [0.3, 0.4) is 0 Å². The molecule has 0 spiro atoms.